The van der Waals surface area contributed by atoms with Gasteiger partial charge in [0.1, 0.15) is 6.04 Å². The molecule has 1 atom stereocenters. The second kappa shape index (κ2) is 9.42. The number of amides is 3. The Morgan fingerprint density at radius 2 is 1.80 bits per heavy atom. The fourth-order valence-corrected chi connectivity index (χ4v) is 4.33. The molecule has 2 N–H and O–H groups in total. The number of aromatic nitrogens is 1. The number of para-hydroxylation sites is 1. The van der Waals surface area contributed by atoms with Crippen LogP contribution in [0.3, 0.4) is 0 Å². The fourth-order valence-electron chi connectivity index (χ4n) is 4.33. The minimum absolute atomic E-state index is 0.181. The molecule has 35 heavy (non-hydrogen) atoms. The van der Waals surface area contributed by atoms with Gasteiger partial charge in [0.15, 0.2) is 5.76 Å². The summed E-state index contributed by atoms with van der Waals surface area (Å²) in [6, 6.07) is 19.5. The van der Waals surface area contributed by atoms with Crippen LogP contribution < -0.4 is 10.9 Å². The largest absolute Gasteiger partial charge is 0.459 e. The first-order chi connectivity index (χ1) is 17.0. The zero-order valence-corrected chi connectivity index (χ0v) is 19.2. The van der Waals surface area contributed by atoms with Gasteiger partial charge in [0.05, 0.1) is 23.0 Å². The van der Waals surface area contributed by atoms with Crippen LogP contribution in [0.2, 0.25) is 0 Å². The van der Waals surface area contributed by atoms with Gasteiger partial charge in [0.2, 0.25) is 0 Å². The Kier molecular flexibility index (Phi) is 6.01. The molecule has 1 aliphatic rings. The van der Waals surface area contributed by atoms with E-state index in [1.54, 1.807) is 18.2 Å². The average molecular weight is 469 g/mol. The third-order valence-electron chi connectivity index (χ3n) is 6.16. The molecule has 3 amide bonds. The van der Waals surface area contributed by atoms with Crippen LogP contribution >= 0.6 is 0 Å². The number of nitrogens with one attached hydrogen (secondary N) is 2. The van der Waals surface area contributed by atoms with Crippen molar-refractivity contribution in [2.45, 2.75) is 25.8 Å². The first kappa shape index (κ1) is 22.3. The van der Waals surface area contributed by atoms with Crippen LogP contribution in [0.15, 0.2) is 77.4 Å². The molecule has 2 aromatic heterocycles. The smallest absolute Gasteiger partial charge is 0.290 e. The number of fused-ring (bicyclic) bond motifs is 1. The summed E-state index contributed by atoms with van der Waals surface area (Å²) in [7, 11) is 0. The number of likely N-dealkylation sites (tertiary alicyclic amines) is 1. The second-order valence-corrected chi connectivity index (χ2v) is 8.52. The van der Waals surface area contributed by atoms with Gasteiger partial charge in [-0.15, -0.1) is 0 Å². The van der Waals surface area contributed by atoms with E-state index in [2.05, 4.69) is 10.9 Å². The molecular formula is C27H24N4O4. The molecule has 8 heteroatoms. The molecule has 2 aromatic carbocycles. The highest BCUT2D eigenvalue weighted by Gasteiger charge is 2.35. The van der Waals surface area contributed by atoms with Crippen LogP contribution in [0.5, 0.6) is 0 Å². The number of pyridine rings is 1. The summed E-state index contributed by atoms with van der Waals surface area (Å²) in [5.74, 6) is -1.08. The molecule has 0 bridgehead atoms. The number of carbonyl (C=O) groups is 3. The minimum Gasteiger partial charge on any atom is -0.459 e. The van der Waals surface area contributed by atoms with Gasteiger partial charge in [-0.25, -0.2) is 4.98 Å². The van der Waals surface area contributed by atoms with Crippen LogP contribution in [-0.2, 0) is 4.79 Å². The molecule has 0 radical (unpaired) electrons. The fraction of sp³-hybridized carbons (Fsp3) is 0.185. The molecule has 176 valence electrons. The van der Waals surface area contributed by atoms with E-state index < -0.39 is 17.9 Å². The van der Waals surface area contributed by atoms with Crippen molar-refractivity contribution in [2.24, 2.45) is 0 Å². The van der Waals surface area contributed by atoms with E-state index >= 15 is 0 Å². The maximum Gasteiger partial charge on any atom is 0.290 e. The lowest BCUT2D eigenvalue weighted by atomic mass is 10.0. The molecule has 1 saturated heterocycles. The van der Waals surface area contributed by atoms with E-state index in [1.807, 2.05) is 55.5 Å². The zero-order valence-electron chi connectivity index (χ0n) is 19.2. The van der Waals surface area contributed by atoms with E-state index in [0.717, 1.165) is 11.1 Å². The second-order valence-electron chi connectivity index (χ2n) is 8.52. The standard InChI is InChI=1S/C27H24N4O4/c1-17-10-12-18(13-11-17)22-16-20(19-6-2-3-7-21(19)28-22)25(32)29-30-26(33)23-8-4-14-31(23)27(34)24-9-5-15-35-24/h2-3,5-7,9-13,15-16,23H,4,8,14H2,1H3,(H,29,32)(H,30,33)/t23-/m0/s1. The lowest BCUT2D eigenvalue weighted by Gasteiger charge is -2.23. The van der Waals surface area contributed by atoms with E-state index in [1.165, 1.54) is 11.2 Å². The van der Waals surface area contributed by atoms with Crippen molar-refractivity contribution in [2.75, 3.05) is 6.54 Å². The third-order valence-corrected chi connectivity index (χ3v) is 6.16. The number of hydrogen-bond donors (Lipinski definition) is 2. The van der Waals surface area contributed by atoms with E-state index in [0.29, 0.717) is 41.5 Å². The van der Waals surface area contributed by atoms with Crippen molar-refractivity contribution in [3.05, 3.63) is 89.9 Å². The van der Waals surface area contributed by atoms with Crippen LogP contribution in [0.1, 0.15) is 39.3 Å². The third kappa shape index (κ3) is 4.50. The number of carbonyl (C=O) groups excluding carboxylic acids is 3. The summed E-state index contributed by atoms with van der Waals surface area (Å²) >= 11 is 0. The highest BCUT2D eigenvalue weighted by atomic mass is 16.3. The summed E-state index contributed by atoms with van der Waals surface area (Å²) in [5, 5.41) is 0.672. The lowest BCUT2D eigenvalue weighted by Crippen LogP contribution is -2.51. The van der Waals surface area contributed by atoms with Gasteiger partial charge in [0.25, 0.3) is 17.7 Å². The first-order valence-electron chi connectivity index (χ1n) is 11.4. The SMILES string of the molecule is Cc1ccc(-c2cc(C(=O)NNC(=O)[C@@H]3CCCN3C(=O)c3ccco3)c3ccccc3n2)cc1. The Labute approximate surface area is 201 Å². The maximum absolute atomic E-state index is 13.2. The number of aryl methyl sites for hydroxylation is 1. The monoisotopic (exact) mass is 468 g/mol. The summed E-state index contributed by atoms with van der Waals surface area (Å²) in [6.07, 6.45) is 2.61. The Morgan fingerprint density at radius 1 is 1.00 bits per heavy atom. The molecule has 0 aliphatic carbocycles. The highest BCUT2D eigenvalue weighted by molar-refractivity contribution is 6.07. The molecule has 8 nitrogen and oxygen atoms in total. The Bertz CT molecular complexity index is 1400. The van der Waals surface area contributed by atoms with Crippen molar-refractivity contribution in [1.29, 1.82) is 0 Å². The number of nitrogens with zero attached hydrogens (tertiary/aromatic N) is 2. The van der Waals surface area contributed by atoms with Crippen molar-refractivity contribution >= 4 is 28.6 Å². The number of hydrogen-bond acceptors (Lipinski definition) is 5. The predicted octanol–water partition coefficient (Wildman–Crippen LogP) is 3.87. The van der Waals surface area contributed by atoms with Gasteiger partial charge in [-0.3, -0.25) is 25.2 Å². The molecule has 1 aliphatic heterocycles. The molecule has 0 spiro atoms. The van der Waals surface area contributed by atoms with Gasteiger partial charge < -0.3 is 9.32 Å². The summed E-state index contributed by atoms with van der Waals surface area (Å²) in [6.45, 7) is 2.45. The summed E-state index contributed by atoms with van der Waals surface area (Å²) in [4.78, 5) is 44.9. The van der Waals surface area contributed by atoms with Crippen LogP contribution in [0.25, 0.3) is 22.2 Å². The predicted molar refractivity (Wildman–Crippen MR) is 130 cm³/mol. The van der Waals surface area contributed by atoms with E-state index in [-0.39, 0.29) is 11.7 Å². The molecule has 4 aromatic rings. The Hall–Kier alpha value is -4.46. The minimum atomic E-state index is -0.690. The van der Waals surface area contributed by atoms with Gasteiger partial charge in [-0.1, -0.05) is 48.0 Å². The summed E-state index contributed by atoms with van der Waals surface area (Å²) in [5.41, 5.74) is 8.76. The topological polar surface area (TPSA) is 105 Å². The van der Waals surface area contributed by atoms with E-state index in [4.69, 9.17) is 9.40 Å². The maximum atomic E-state index is 13.2. The molecule has 3 heterocycles. The molecule has 1 fully saturated rings. The van der Waals surface area contributed by atoms with Crippen LogP contribution in [0.4, 0.5) is 0 Å². The number of hydrazine groups is 1. The van der Waals surface area contributed by atoms with Gasteiger partial charge in [-0.05, 0) is 44.0 Å². The van der Waals surface area contributed by atoms with Crippen molar-refractivity contribution in [1.82, 2.24) is 20.7 Å². The molecule has 0 unspecified atom stereocenters. The van der Waals surface area contributed by atoms with Crippen molar-refractivity contribution in [3.63, 3.8) is 0 Å². The average Bonchev–Trinajstić information content (AvgIpc) is 3.59. The van der Waals surface area contributed by atoms with Gasteiger partial charge >= 0.3 is 0 Å². The molecule has 0 saturated carbocycles. The van der Waals surface area contributed by atoms with Gasteiger partial charge in [0, 0.05) is 17.5 Å². The van der Waals surface area contributed by atoms with Crippen molar-refractivity contribution < 1.29 is 18.8 Å². The highest BCUT2D eigenvalue weighted by Crippen LogP contribution is 2.25. The van der Waals surface area contributed by atoms with Crippen LogP contribution in [0, 0.1) is 6.92 Å². The van der Waals surface area contributed by atoms with Gasteiger partial charge in [-0.2, -0.15) is 0 Å². The molecule has 5 rings (SSSR count). The van der Waals surface area contributed by atoms with E-state index in [9.17, 15) is 14.4 Å². The normalized spacial score (nSPS) is 15.2. The quantitative estimate of drug-likeness (QED) is 0.443. The Morgan fingerprint density at radius 3 is 2.57 bits per heavy atom. The zero-order chi connectivity index (χ0) is 24.4. The first-order valence-corrected chi connectivity index (χ1v) is 11.4. The Balaban J connectivity index is 1.35. The lowest BCUT2D eigenvalue weighted by molar-refractivity contribution is -0.125. The van der Waals surface area contributed by atoms with Crippen LogP contribution in [-0.4, -0.2) is 40.2 Å². The molecular weight excluding hydrogens is 444 g/mol. The number of furan rings is 1. The summed E-state index contributed by atoms with van der Waals surface area (Å²) < 4.78 is 5.19. The number of benzene rings is 2. The number of rotatable bonds is 4. The van der Waals surface area contributed by atoms with Crippen molar-refractivity contribution in [3.8, 4) is 11.3 Å².